The number of aromatic nitrogens is 3. The van der Waals surface area contributed by atoms with Gasteiger partial charge in [-0.15, -0.1) is 5.10 Å². The molecule has 14 heavy (non-hydrogen) atoms. The molecule has 3 nitrogen and oxygen atoms in total. The average Bonchev–Trinajstić information content (AvgIpc) is 2.67. The molecule has 0 saturated heterocycles. The van der Waals surface area contributed by atoms with Crippen molar-refractivity contribution in [3.63, 3.8) is 0 Å². The zero-order chi connectivity index (χ0) is 9.80. The molecular weight excluding hydrogens is 194 g/mol. The average molecular weight is 203 g/mol. The van der Waals surface area contributed by atoms with Gasteiger partial charge in [-0.1, -0.05) is 10.6 Å². The number of nitrogens with zero attached hydrogens (tertiary/aromatic N) is 3. The molecule has 0 aliphatic heterocycles. The predicted octanol–water partition coefficient (Wildman–Crippen LogP) is 2.41. The quantitative estimate of drug-likeness (QED) is 0.752. The first-order chi connectivity index (χ1) is 6.84. The highest BCUT2D eigenvalue weighted by molar-refractivity contribution is 7.06. The highest BCUT2D eigenvalue weighted by Crippen LogP contribution is 2.08. The molecule has 0 saturated carbocycles. The molecule has 0 N–H and O–H groups in total. The van der Waals surface area contributed by atoms with Gasteiger partial charge in [-0.05, 0) is 42.7 Å². The first-order valence-corrected chi connectivity index (χ1v) is 5.01. The largest absolute Gasteiger partial charge is 0.254 e. The van der Waals surface area contributed by atoms with Gasteiger partial charge in [0.25, 0.3) is 0 Å². The van der Waals surface area contributed by atoms with E-state index in [1.165, 1.54) is 11.5 Å². The Morgan fingerprint density at radius 1 is 1.29 bits per heavy atom. The van der Waals surface area contributed by atoms with Crippen molar-refractivity contribution in [3.8, 4) is 0 Å². The number of rotatable bonds is 2. The summed E-state index contributed by atoms with van der Waals surface area (Å²) in [5.74, 6) is 0. The van der Waals surface area contributed by atoms with Crippen molar-refractivity contribution >= 4 is 23.7 Å². The maximum absolute atomic E-state index is 4.35. The van der Waals surface area contributed by atoms with Crippen molar-refractivity contribution in [1.29, 1.82) is 0 Å². The van der Waals surface area contributed by atoms with Gasteiger partial charge in [-0.3, -0.25) is 4.98 Å². The first-order valence-electron chi connectivity index (χ1n) is 4.24. The molecule has 0 aliphatic rings. The summed E-state index contributed by atoms with van der Waals surface area (Å²) in [6.07, 6.45) is 5.66. The van der Waals surface area contributed by atoms with Gasteiger partial charge in [0.1, 0.15) is 0 Å². The Kier molecular flexibility index (Phi) is 2.65. The maximum Gasteiger partial charge on any atom is 0.0694 e. The van der Waals surface area contributed by atoms with Gasteiger partial charge in [0.05, 0.1) is 16.8 Å². The third kappa shape index (κ3) is 2.23. The Hall–Kier alpha value is -1.55. The van der Waals surface area contributed by atoms with E-state index in [9.17, 15) is 0 Å². The van der Waals surface area contributed by atoms with E-state index in [-0.39, 0.29) is 0 Å². The molecule has 2 aromatic rings. The van der Waals surface area contributed by atoms with Gasteiger partial charge < -0.3 is 0 Å². The zero-order valence-electron chi connectivity index (χ0n) is 7.71. The smallest absolute Gasteiger partial charge is 0.0694 e. The third-order valence-corrected chi connectivity index (χ3v) is 2.33. The summed E-state index contributed by atoms with van der Waals surface area (Å²) in [6, 6.07) is 5.94. The first kappa shape index (κ1) is 9.02. The molecule has 2 aromatic heterocycles. The van der Waals surface area contributed by atoms with Crippen molar-refractivity contribution in [2.45, 2.75) is 6.92 Å². The summed E-state index contributed by atoms with van der Waals surface area (Å²) in [5.41, 5.74) is 1.98. The van der Waals surface area contributed by atoms with Crippen LogP contribution >= 0.6 is 11.5 Å². The molecular formula is C10H9N3S. The van der Waals surface area contributed by atoms with Gasteiger partial charge in [0.2, 0.25) is 0 Å². The number of hydrogen-bond donors (Lipinski definition) is 0. The van der Waals surface area contributed by atoms with E-state index in [0.717, 1.165) is 16.3 Å². The minimum absolute atomic E-state index is 0.957. The lowest BCUT2D eigenvalue weighted by atomic mass is 10.3. The van der Waals surface area contributed by atoms with Gasteiger partial charge in [-0.25, -0.2) is 0 Å². The monoisotopic (exact) mass is 203 g/mol. The van der Waals surface area contributed by atoms with Crippen LogP contribution in [0.5, 0.6) is 0 Å². The second kappa shape index (κ2) is 4.11. The Bertz CT molecular complexity index is 434. The number of hydrogen-bond acceptors (Lipinski definition) is 4. The molecule has 0 spiro atoms. The highest BCUT2D eigenvalue weighted by atomic mass is 32.1. The Balaban J connectivity index is 2.18. The van der Waals surface area contributed by atoms with Crippen LogP contribution in [0.3, 0.4) is 0 Å². The predicted molar refractivity (Wildman–Crippen MR) is 57.8 cm³/mol. The molecule has 0 radical (unpaired) electrons. The van der Waals surface area contributed by atoms with E-state index < -0.39 is 0 Å². The number of pyridine rings is 1. The minimum atomic E-state index is 0.957. The Morgan fingerprint density at radius 2 is 2.21 bits per heavy atom. The van der Waals surface area contributed by atoms with Crippen LogP contribution in [0.25, 0.3) is 12.2 Å². The second-order valence-electron chi connectivity index (χ2n) is 2.86. The fraction of sp³-hybridized carbons (Fsp3) is 0.100. The fourth-order valence-electron chi connectivity index (χ4n) is 1.07. The van der Waals surface area contributed by atoms with Crippen LogP contribution in [0.1, 0.15) is 16.3 Å². The normalized spacial score (nSPS) is 10.9. The van der Waals surface area contributed by atoms with Crippen molar-refractivity contribution < 1.29 is 0 Å². The molecule has 0 amide bonds. The van der Waals surface area contributed by atoms with Crippen molar-refractivity contribution in [1.82, 2.24) is 14.6 Å². The highest BCUT2D eigenvalue weighted by Gasteiger charge is 1.91. The lowest BCUT2D eigenvalue weighted by Crippen LogP contribution is -1.82. The molecule has 2 rings (SSSR count). The second-order valence-corrected chi connectivity index (χ2v) is 3.67. The summed E-state index contributed by atoms with van der Waals surface area (Å²) in [5, 5.41) is 3.75. The molecule has 0 atom stereocenters. The lowest BCUT2D eigenvalue weighted by molar-refractivity contribution is 1.15. The molecule has 70 valence electrons. The Labute approximate surface area is 86.3 Å². The Morgan fingerprint density at radius 3 is 2.93 bits per heavy atom. The minimum Gasteiger partial charge on any atom is -0.254 e. The van der Waals surface area contributed by atoms with E-state index in [4.69, 9.17) is 0 Å². The zero-order valence-corrected chi connectivity index (χ0v) is 8.53. The SMILES string of the molecule is Cc1cccc(/C=C/c2cnns2)n1. The van der Waals surface area contributed by atoms with Gasteiger partial charge in [-0.2, -0.15) is 0 Å². The van der Waals surface area contributed by atoms with E-state index in [0.29, 0.717) is 0 Å². The molecule has 0 unspecified atom stereocenters. The topological polar surface area (TPSA) is 38.7 Å². The van der Waals surface area contributed by atoms with E-state index in [1.807, 2.05) is 37.3 Å². The molecule has 0 bridgehead atoms. The van der Waals surface area contributed by atoms with Crippen LogP contribution in [-0.2, 0) is 0 Å². The van der Waals surface area contributed by atoms with Crippen LogP contribution in [0.4, 0.5) is 0 Å². The van der Waals surface area contributed by atoms with Crippen LogP contribution in [0.15, 0.2) is 24.4 Å². The summed E-state index contributed by atoms with van der Waals surface area (Å²) < 4.78 is 3.77. The van der Waals surface area contributed by atoms with Crippen LogP contribution in [-0.4, -0.2) is 14.6 Å². The van der Waals surface area contributed by atoms with E-state index in [1.54, 1.807) is 6.20 Å². The number of aryl methyl sites for hydroxylation is 1. The fourth-order valence-corrected chi connectivity index (χ4v) is 1.48. The van der Waals surface area contributed by atoms with Crippen LogP contribution < -0.4 is 0 Å². The summed E-state index contributed by atoms with van der Waals surface area (Å²) in [7, 11) is 0. The van der Waals surface area contributed by atoms with Crippen molar-refractivity contribution in [2.75, 3.05) is 0 Å². The van der Waals surface area contributed by atoms with Gasteiger partial charge in [0, 0.05) is 5.69 Å². The standard InChI is InChI=1S/C10H9N3S/c1-8-3-2-4-9(12-8)5-6-10-7-11-13-14-10/h2-7H,1H3/b6-5+. The van der Waals surface area contributed by atoms with Crippen molar-refractivity contribution in [2.24, 2.45) is 0 Å². The van der Waals surface area contributed by atoms with Gasteiger partial charge in [0.15, 0.2) is 0 Å². The third-order valence-electron chi connectivity index (χ3n) is 1.71. The van der Waals surface area contributed by atoms with Gasteiger partial charge >= 0.3 is 0 Å². The summed E-state index contributed by atoms with van der Waals surface area (Å²) in [4.78, 5) is 5.39. The summed E-state index contributed by atoms with van der Waals surface area (Å²) >= 11 is 1.37. The van der Waals surface area contributed by atoms with Crippen LogP contribution in [0, 0.1) is 6.92 Å². The molecule has 4 heteroatoms. The molecule has 2 heterocycles. The lowest BCUT2D eigenvalue weighted by Gasteiger charge is -1.93. The molecule has 0 aliphatic carbocycles. The van der Waals surface area contributed by atoms with Crippen molar-refractivity contribution in [3.05, 3.63) is 40.7 Å². The summed E-state index contributed by atoms with van der Waals surface area (Å²) in [6.45, 7) is 1.98. The van der Waals surface area contributed by atoms with Crippen LogP contribution in [0.2, 0.25) is 0 Å². The van der Waals surface area contributed by atoms with E-state index in [2.05, 4.69) is 14.6 Å². The van der Waals surface area contributed by atoms with E-state index >= 15 is 0 Å². The molecule has 0 aromatic carbocycles. The molecule has 0 fully saturated rings. The maximum atomic E-state index is 4.35.